The molecule has 10 heteroatoms. The molecule has 0 spiro atoms. The third kappa shape index (κ3) is 9.51. The molecule has 2 aromatic carbocycles. The maximum Gasteiger partial charge on any atom is 0.324 e. The number of anilines is 1. The van der Waals surface area contributed by atoms with E-state index in [-0.39, 0.29) is 11.4 Å². The predicted molar refractivity (Wildman–Crippen MR) is 183 cm³/mol. The van der Waals surface area contributed by atoms with E-state index >= 15 is 4.39 Å². The molecule has 0 fully saturated rings. The second kappa shape index (κ2) is 14.7. The first-order chi connectivity index (χ1) is 21.4. The largest absolute Gasteiger partial charge is 0.342 e. The molecule has 0 saturated carbocycles. The smallest absolute Gasteiger partial charge is 0.324 e. The number of thioether (sulfide) groups is 1. The summed E-state index contributed by atoms with van der Waals surface area (Å²) in [5.41, 5.74) is 3.97. The van der Waals surface area contributed by atoms with Gasteiger partial charge in [-0.05, 0) is 42.2 Å². The number of hydrogen-bond acceptors (Lipinski definition) is 6. The average molecular weight is 625 g/mol. The van der Waals surface area contributed by atoms with Gasteiger partial charge in [0, 0.05) is 57.5 Å². The Hall–Kier alpha value is -4.96. The van der Waals surface area contributed by atoms with Crippen molar-refractivity contribution in [2.75, 3.05) is 11.1 Å². The molecule has 45 heavy (non-hydrogen) atoms. The Labute approximate surface area is 267 Å². The number of halogens is 1. The maximum absolute atomic E-state index is 15.2. The molecule has 0 radical (unpaired) electrons. The maximum atomic E-state index is 15.2. The fourth-order valence-electron chi connectivity index (χ4n) is 4.15. The lowest BCUT2D eigenvalue weighted by Crippen LogP contribution is -2.37. The molecule has 6 N–H and O–H groups in total. The Morgan fingerprint density at radius 2 is 1.71 bits per heavy atom. The quantitative estimate of drug-likeness (QED) is 0.136. The first-order valence-electron chi connectivity index (χ1n) is 14.4. The van der Waals surface area contributed by atoms with Crippen molar-refractivity contribution in [3.05, 3.63) is 130 Å². The van der Waals surface area contributed by atoms with Crippen LogP contribution in [0.15, 0.2) is 107 Å². The summed E-state index contributed by atoms with van der Waals surface area (Å²) >= 11 is 1.49. The van der Waals surface area contributed by atoms with E-state index in [1.807, 2.05) is 64.1 Å². The minimum Gasteiger partial charge on any atom is -0.342 e. The molecule has 232 valence electrons. The van der Waals surface area contributed by atoms with Gasteiger partial charge in [-0.3, -0.25) is 15.5 Å². The highest BCUT2D eigenvalue weighted by Gasteiger charge is 2.18. The highest BCUT2D eigenvalue weighted by atomic mass is 32.2. The number of hydrogen-bond donors (Lipinski definition) is 6. The third-order valence-corrected chi connectivity index (χ3v) is 7.62. The molecule has 1 heterocycles. The summed E-state index contributed by atoms with van der Waals surface area (Å²) in [6.07, 6.45) is 12.6. The Balaban J connectivity index is 1.44. The summed E-state index contributed by atoms with van der Waals surface area (Å²) < 4.78 is 15.2. The van der Waals surface area contributed by atoms with Gasteiger partial charge in [0.05, 0.1) is 0 Å². The first kappa shape index (κ1) is 32.9. The molecule has 4 rings (SSSR count). The van der Waals surface area contributed by atoms with Crippen molar-refractivity contribution in [1.82, 2.24) is 16.0 Å². The third-order valence-electron chi connectivity index (χ3n) is 6.82. The molecule has 1 aliphatic heterocycles. The fourth-order valence-corrected chi connectivity index (χ4v) is 4.82. The molecule has 0 aromatic heterocycles. The van der Waals surface area contributed by atoms with Crippen molar-refractivity contribution in [3.8, 4) is 0 Å². The zero-order valence-electron chi connectivity index (χ0n) is 25.7. The van der Waals surface area contributed by atoms with Gasteiger partial charge in [-0.2, -0.15) is 0 Å². The number of aryl methyl sites for hydroxylation is 1. The van der Waals surface area contributed by atoms with Crippen LogP contribution in [-0.4, -0.2) is 29.2 Å². The second-order valence-electron chi connectivity index (χ2n) is 11.5. The van der Waals surface area contributed by atoms with Crippen LogP contribution in [0.1, 0.15) is 43.9 Å². The normalized spacial score (nSPS) is 14.8. The molecular formula is C35H37FN6O2S. The molecule has 0 saturated heterocycles. The van der Waals surface area contributed by atoms with Gasteiger partial charge < -0.3 is 21.4 Å². The highest BCUT2D eigenvalue weighted by Crippen LogP contribution is 2.24. The van der Waals surface area contributed by atoms with E-state index in [9.17, 15) is 9.59 Å². The SMILES string of the molecule is Cc1ccc(N/C(=C\C(=N)C(C)(C)C)NC(=O)NC2=CC=C(c3ccc(C(=N)NC(=O)C4=CSCC=C4)cc3F)C=CC2)cc1. The summed E-state index contributed by atoms with van der Waals surface area (Å²) in [7, 11) is 0. The van der Waals surface area contributed by atoms with Crippen LogP contribution < -0.4 is 21.3 Å². The molecule has 0 unspecified atom stereocenters. The van der Waals surface area contributed by atoms with Crippen LogP contribution >= 0.6 is 11.8 Å². The van der Waals surface area contributed by atoms with E-state index in [4.69, 9.17) is 10.8 Å². The monoisotopic (exact) mass is 624 g/mol. The van der Waals surface area contributed by atoms with Crippen LogP contribution in [0.3, 0.4) is 0 Å². The van der Waals surface area contributed by atoms with Gasteiger partial charge >= 0.3 is 6.03 Å². The zero-order valence-corrected chi connectivity index (χ0v) is 26.5. The van der Waals surface area contributed by atoms with Crippen LogP contribution in [0, 0.1) is 29.0 Å². The van der Waals surface area contributed by atoms with Crippen LogP contribution in [0.2, 0.25) is 0 Å². The standard InChI is InChI=1S/C35H37FN6O2S/c1-22-10-14-27(15-11-22)39-31(20-30(37)35(2,3)4)41-34(44)40-26-9-5-7-23(12-16-26)28-17-13-24(19-29(28)36)32(38)42-33(43)25-8-6-18-45-21-25/h5-8,10-17,19-21,37,39H,9,18H2,1-4H3,(H2,38,42,43)(H2,40,41,44)/b31-20+,37-30?. The predicted octanol–water partition coefficient (Wildman–Crippen LogP) is 7.31. The topological polar surface area (TPSA) is 130 Å². The van der Waals surface area contributed by atoms with Crippen molar-refractivity contribution in [3.63, 3.8) is 0 Å². The fraction of sp³-hybridized carbons (Fsp3) is 0.200. The Kier molecular flexibility index (Phi) is 10.7. The van der Waals surface area contributed by atoms with Crippen LogP contribution in [-0.2, 0) is 4.79 Å². The Bertz CT molecular complexity index is 1690. The van der Waals surface area contributed by atoms with Gasteiger partial charge in [0.2, 0.25) is 0 Å². The van der Waals surface area contributed by atoms with E-state index in [1.165, 1.54) is 17.8 Å². The molecular weight excluding hydrogens is 587 g/mol. The number of nitrogens with one attached hydrogen (secondary N) is 6. The van der Waals surface area contributed by atoms with Gasteiger partial charge in [-0.1, -0.05) is 81.0 Å². The van der Waals surface area contributed by atoms with E-state index in [1.54, 1.807) is 47.9 Å². The lowest BCUT2D eigenvalue weighted by atomic mass is 9.90. The Morgan fingerprint density at radius 3 is 2.38 bits per heavy atom. The molecule has 0 atom stereocenters. The van der Waals surface area contributed by atoms with Crippen molar-refractivity contribution in [2.24, 2.45) is 5.41 Å². The van der Waals surface area contributed by atoms with Crippen molar-refractivity contribution >= 4 is 46.5 Å². The van der Waals surface area contributed by atoms with Gasteiger partial charge in [0.15, 0.2) is 0 Å². The minimum absolute atomic E-state index is 0.193. The summed E-state index contributed by atoms with van der Waals surface area (Å²) in [6, 6.07) is 11.6. The number of allylic oxidation sites excluding steroid dienone is 6. The summed E-state index contributed by atoms with van der Waals surface area (Å²) in [5, 5.41) is 29.8. The van der Waals surface area contributed by atoms with E-state index in [0.717, 1.165) is 17.0 Å². The number of benzene rings is 2. The first-order valence-corrected chi connectivity index (χ1v) is 15.4. The number of carbonyl (C=O) groups is 2. The van der Waals surface area contributed by atoms with Crippen LogP contribution in [0.4, 0.5) is 14.9 Å². The van der Waals surface area contributed by atoms with E-state index in [2.05, 4.69) is 21.3 Å². The number of carbonyl (C=O) groups excluding carboxylic acids is 2. The molecule has 3 amide bonds. The van der Waals surface area contributed by atoms with Crippen molar-refractivity contribution in [1.29, 1.82) is 10.8 Å². The second-order valence-corrected chi connectivity index (χ2v) is 12.4. The summed E-state index contributed by atoms with van der Waals surface area (Å²) in [4.78, 5) is 25.4. The van der Waals surface area contributed by atoms with Gasteiger partial charge in [0.1, 0.15) is 17.5 Å². The van der Waals surface area contributed by atoms with E-state index < -0.39 is 23.2 Å². The lowest BCUT2D eigenvalue weighted by molar-refractivity contribution is -0.115. The van der Waals surface area contributed by atoms with Gasteiger partial charge in [-0.15, -0.1) is 11.8 Å². The van der Waals surface area contributed by atoms with Crippen LogP contribution in [0.25, 0.3) is 5.57 Å². The van der Waals surface area contributed by atoms with Gasteiger partial charge in [-0.25, -0.2) is 9.18 Å². The summed E-state index contributed by atoms with van der Waals surface area (Å²) in [5.74, 6) is -0.0134. The number of amidine groups is 1. The highest BCUT2D eigenvalue weighted by molar-refractivity contribution is 8.02. The molecule has 2 aromatic rings. The number of rotatable bonds is 8. The number of urea groups is 1. The number of amides is 3. The lowest BCUT2D eigenvalue weighted by Gasteiger charge is -2.20. The molecule has 2 aliphatic rings. The van der Waals surface area contributed by atoms with Crippen molar-refractivity contribution in [2.45, 2.75) is 34.1 Å². The summed E-state index contributed by atoms with van der Waals surface area (Å²) in [6.45, 7) is 7.76. The van der Waals surface area contributed by atoms with Crippen LogP contribution in [0.5, 0.6) is 0 Å². The Morgan fingerprint density at radius 1 is 0.956 bits per heavy atom. The molecule has 1 aliphatic carbocycles. The molecule has 8 nitrogen and oxygen atoms in total. The minimum atomic E-state index is -0.546. The molecule has 0 bridgehead atoms. The zero-order chi connectivity index (χ0) is 32.6. The van der Waals surface area contributed by atoms with Gasteiger partial charge in [0.25, 0.3) is 5.91 Å². The van der Waals surface area contributed by atoms with Crippen molar-refractivity contribution < 1.29 is 14.0 Å². The van der Waals surface area contributed by atoms with E-state index in [0.29, 0.717) is 40.4 Å². The average Bonchev–Trinajstić information content (AvgIpc) is 3.23.